The van der Waals surface area contributed by atoms with E-state index in [0.29, 0.717) is 5.69 Å². The first-order chi connectivity index (χ1) is 31.1. The molecule has 1 fully saturated rings. The molecule has 1 saturated heterocycles. The lowest BCUT2D eigenvalue weighted by molar-refractivity contribution is -0.142. The molecular weight excluding hydrogens is 857 g/mol. The summed E-state index contributed by atoms with van der Waals surface area (Å²) < 4.78 is 8.96. The van der Waals surface area contributed by atoms with E-state index >= 15 is 0 Å². The van der Waals surface area contributed by atoms with Crippen molar-refractivity contribution in [2.45, 2.75) is 40.7 Å². The SMILES string of the molecule is CCN(CC)c1ccc2c(-c3ccc(NC(=S)NOCC4CN(CC(=O)O)CCN(CC(=O)O)CCN(CC(=O)O)CCN4CC(=O)O)cc3C)c3ccc(=[N+](CC)CC)cc-3oc2c1. The molecule has 0 amide bonds. The van der Waals surface area contributed by atoms with Crippen molar-refractivity contribution in [1.82, 2.24) is 29.7 Å². The Morgan fingerprint density at radius 3 is 1.92 bits per heavy atom. The zero-order chi connectivity index (χ0) is 47.2. The smallest absolute Gasteiger partial charge is 0.317 e. The molecule has 19 heteroatoms. The average molecular weight is 920 g/mol. The van der Waals surface area contributed by atoms with Crippen LogP contribution in [0.5, 0.6) is 0 Å². The highest BCUT2D eigenvalue weighted by Gasteiger charge is 2.28. The molecule has 1 aliphatic carbocycles. The zero-order valence-corrected chi connectivity index (χ0v) is 38.7. The number of fused-ring (bicyclic) bond motifs is 2. The van der Waals surface area contributed by atoms with Crippen molar-refractivity contribution in [3.05, 3.63) is 65.5 Å². The molecule has 1 atom stereocenters. The lowest BCUT2D eigenvalue weighted by atomic mass is 9.91. The van der Waals surface area contributed by atoms with Crippen molar-refractivity contribution in [2.24, 2.45) is 0 Å². The largest absolute Gasteiger partial charge is 0.480 e. The van der Waals surface area contributed by atoms with Gasteiger partial charge in [-0.2, -0.15) is 0 Å². The van der Waals surface area contributed by atoms with E-state index in [9.17, 15) is 39.6 Å². The third-order valence-corrected chi connectivity index (χ3v) is 11.9. The molecule has 2 heterocycles. The van der Waals surface area contributed by atoms with Gasteiger partial charge in [0, 0.05) is 105 Å². The number of benzene rings is 3. The first-order valence-electron chi connectivity index (χ1n) is 22.0. The molecule has 0 saturated carbocycles. The van der Waals surface area contributed by atoms with Gasteiger partial charge in [-0.1, -0.05) is 6.07 Å². The van der Waals surface area contributed by atoms with Crippen LogP contribution in [0.25, 0.3) is 33.4 Å². The fourth-order valence-electron chi connectivity index (χ4n) is 8.43. The monoisotopic (exact) mass is 919 g/mol. The Balaban J connectivity index is 1.39. The first-order valence-corrected chi connectivity index (χ1v) is 22.4. The Hall–Kier alpha value is -5.70. The number of hydrogen-bond donors (Lipinski definition) is 6. The van der Waals surface area contributed by atoms with Crippen molar-refractivity contribution < 1.29 is 48.9 Å². The predicted molar refractivity (Wildman–Crippen MR) is 253 cm³/mol. The standard InChI is InChI=1S/C46H62N8O10S/c1-6-52(7-2)33-11-14-37-39(23-33)64-40-24-34(53(8-3)9-4)12-15-38(40)45(37)36-13-10-32(22-31(36)5)47-46(65)48-63-30-35-25-51(28-43(59)60)19-18-49(26-41(55)56)16-17-50(27-42(57)58)20-21-54(35)29-44(61)62/h10-15,22-24,35H,6-9,16-21,25-30H2,1-5H3,(H5,48,55,56,57,58,59,60,61,62,65)/p+1. The van der Waals surface area contributed by atoms with Gasteiger partial charge in [-0.3, -0.25) is 43.6 Å². The van der Waals surface area contributed by atoms with Gasteiger partial charge in [-0.15, -0.1) is 0 Å². The minimum absolute atomic E-state index is 0.0473. The topological polar surface area (TPSA) is 215 Å². The quantitative estimate of drug-likeness (QED) is 0.0366. The lowest BCUT2D eigenvalue weighted by Crippen LogP contribution is -2.54. The molecule has 6 N–H and O–H groups in total. The number of hydroxylamine groups is 1. The number of nitrogens with zero attached hydrogens (tertiary/aromatic N) is 6. The summed E-state index contributed by atoms with van der Waals surface area (Å²) in [4.78, 5) is 62.1. The summed E-state index contributed by atoms with van der Waals surface area (Å²) >= 11 is 5.63. The van der Waals surface area contributed by atoms with Gasteiger partial charge >= 0.3 is 23.9 Å². The summed E-state index contributed by atoms with van der Waals surface area (Å²) in [7, 11) is 0. The van der Waals surface area contributed by atoms with Crippen molar-refractivity contribution in [3.63, 3.8) is 0 Å². The van der Waals surface area contributed by atoms with E-state index in [-0.39, 0.29) is 77.2 Å². The second-order valence-corrected chi connectivity index (χ2v) is 16.5. The van der Waals surface area contributed by atoms with Gasteiger partial charge < -0.3 is 35.1 Å². The number of anilines is 2. The second-order valence-electron chi connectivity index (χ2n) is 16.1. The fraction of sp³-hybridized carbons (Fsp3) is 0.478. The van der Waals surface area contributed by atoms with Gasteiger partial charge in [0.2, 0.25) is 5.36 Å². The number of thiocarbonyl (C=S) groups is 1. The number of carboxylic acids is 4. The Kier molecular flexibility index (Phi) is 18.6. The normalized spacial score (nSPS) is 16.1. The zero-order valence-electron chi connectivity index (χ0n) is 37.9. The molecule has 18 nitrogen and oxygen atoms in total. The Bertz CT molecular complexity index is 2350. The molecule has 2 aromatic rings. The van der Waals surface area contributed by atoms with Crippen LogP contribution in [0.2, 0.25) is 0 Å². The number of aliphatic carboxylic acids is 4. The predicted octanol–water partition coefficient (Wildman–Crippen LogP) is 3.32. The highest BCUT2D eigenvalue weighted by Crippen LogP contribution is 2.42. The van der Waals surface area contributed by atoms with Gasteiger partial charge in [0.1, 0.15) is 24.4 Å². The average Bonchev–Trinajstić information content (AvgIpc) is 3.24. The fourth-order valence-corrected chi connectivity index (χ4v) is 8.61. The number of carbonyl (C=O) groups is 4. The molecule has 0 spiro atoms. The van der Waals surface area contributed by atoms with E-state index in [2.05, 4.69) is 84.4 Å². The Morgan fingerprint density at radius 1 is 0.754 bits per heavy atom. The molecule has 352 valence electrons. The highest BCUT2D eigenvalue weighted by molar-refractivity contribution is 7.80. The van der Waals surface area contributed by atoms with Crippen LogP contribution in [0, 0.1) is 6.92 Å². The number of rotatable bonds is 18. The third-order valence-electron chi connectivity index (χ3n) is 11.7. The van der Waals surface area contributed by atoms with E-state index in [1.807, 2.05) is 25.1 Å². The van der Waals surface area contributed by atoms with Crippen molar-refractivity contribution >= 4 is 63.6 Å². The summed E-state index contributed by atoms with van der Waals surface area (Å²) in [6.45, 7) is 13.5. The van der Waals surface area contributed by atoms with Gasteiger partial charge in [0.15, 0.2) is 5.11 Å². The Labute approximate surface area is 384 Å². The third kappa shape index (κ3) is 14.1. The number of nitrogens with one attached hydrogen (secondary N) is 2. The van der Waals surface area contributed by atoms with Crippen molar-refractivity contribution in [2.75, 3.05) is 115 Å². The van der Waals surface area contributed by atoms with E-state index in [1.165, 1.54) is 0 Å². The van der Waals surface area contributed by atoms with Crippen LogP contribution < -0.4 is 25.6 Å². The minimum Gasteiger partial charge on any atom is -0.480 e. The minimum atomic E-state index is -1.13. The van der Waals surface area contributed by atoms with E-state index in [1.54, 1.807) is 19.6 Å². The van der Waals surface area contributed by atoms with Crippen LogP contribution in [0.1, 0.15) is 33.3 Å². The van der Waals surface area contributed by atoms with Crippen LogP contribution in [-0.2, 0) is 24.0 Å². The molecule has 1 unspecified atom stereocenters. The van der Waals surface area contributed by atoms with Gasteiger partial charge in [-0.25, -0.2) is 10.1 Å². The van der Waals surface area contributed by atoms with Crippen molar-refractivity contribution in [1.29, 1.82) is 0 Å². The van der Waals surface area contributed by atoms with Crippen LogP contribution in [0.4, 0.5) is 11.4 Å². The summed E-state index contributed by atoms with van der Waals surface area (Å²) in [5.74, 6) is -3.61. The number of carboxylic acid groups (broad SMARTS) is 4. The summed E-state index contributed by atoms with van der Waals surface area (Å²) in [5.41, 5.74) is 9.32. The molecule has 0 bridgehead atoms. The maximum Gasteiger partial charge on any atom is 0.317 e. The molecule has 0 radical (unpaired) electrons. The number of hydrogen-bond acceptors (Lipinski definition) is 12. The highest BCUT2D eigenvalue weighted by atomic mass is 32.1. The lowest BCUT2D eigenvalue weighted by Gasteiger charge is -2.37. The maximum absolute atomic E-state index is 12.1. The van der Waals surface area contributed by atoms with Crippen LogP contribution in [0.3, 0.4) is 0 Å². The molecule has 65 heavy (non-hydrogen) atoms. The van der Waals surface area contributed by atoms with E-state index in [4.69, 9.17) is 21.5 Å². The Morgan fingerprint density at radius 2 is 1.34 bits per heavy atom. The molecule has 5 rings (SSSR count). The molecular formula is C46H63N8O10S+. The first kappa shape index (κ1) is 50.3. The van der Waals surface area contributed by atoms with Crippen LogP contribution in [-0.4, -0.2) is 180 Å². The summed E-state index contributed by atoms with van der Waals surface area (Å²) in [6, 6.07) is 18.0. The maximum atomic E-state index is 12.1. The van der Waals surface area contributed by atoms with Crippen molar-refractivity contribution in [3.8, 4) is 22.5 Å². The molecule has 2 aliphatic heterocycles. The van der Waals surface area contributed by atoms with Gasteiger partial charge in [0.05, 0.1) is 38.9 Å². The second kappa shape index (κ2) is 24.0. The molecule has 0 aromatic heterocycles. The van der Waals surface area contributed by atoms with Gasteiger partial charge in [-0.05, 0) is 88.3 Å². The summed E-state index contributed by atoms with van der Waals surface area (Å²) in [5, 5.41) is 44.1. The van der Waals surface area contributed by atoms with Gasteiger partial charge in [0.25, 0.3) is 0 Å². The molecule has 3 aliphatic rings. The van der Waals surface area contributed by atoms with E-state index < -0.39 is 36.5 Å². The van der Waals surface area contributed by atoms with Crippen LogP contribution in [0.15, 0.2) is 59.0 Å². The van der Waals surface area contributed by atoms with Crippen LogP contribution >= 0.6 is 12.2 Å². The summed E-state index contributed by atoms with van der Waals surface area (Å²) in [6.07, 6.45) is 0. The molecule has 2 aromatic carbocycles. The van der Waals surface area contributed by atoms with E-state index in [0.717, 1.165) is 76.2 Å². The number of aryl methyl sites for hydroxylation is 1.